The van der Waals surface area contributed by atoms with Crippen LogP contribution in [0, 0.1) is 5.92 Å². The number of carbonyl (C=O) groups excluding carboxylic acids is 1. The average Bonchev–Trinajstić information content (AvgIpc) is 3.20. The van der Waals surface area contributed by atoms with Crippen molar-refractivity contribution in [1.29, 1.82) is 0 Å². The van der Waals surface area contributed by atoms with Crippen LogP contribution < -0.4 is 5.32 Å². The SMILES string of the molecule is O=C(NCCc1c[nH]c2ccc(Cl)cc12)C1CCc2[nH]ncc2C1. The highest BCUT2D eigenvalue weighted by molar-refractivity contribution is 6.31. The molecule has 0 aliphatic heterocycles. The summed E-state index contributed by atoms with van der Waals surface area (Å²) >= 11 is 6.07. The van der Waals surface area contributed by atoms with Crippen LogP contribution in [-0.2, 0) is 24.1 Å². The lowest BCUT2D eigenvalue weighted by molar-refractivity contribution is -0.125. The summed E-state index contributed by atoms with van der Waals surface area (Å²) < 4.78 is 0. The standard InChI is InChI=1S/C18H19ClN4O/c19-14-2-4-17-15(8-14)12(9-21-17)5-6-20-18(24)11-1-3-16-13(7-11)10-22-23-16/h2,4,8-11,21H,1,3,5-7H2,(H,20,24)(H,22,23). The van der Waals surface area contributed by atoms with Gasteiger partial charge in [-0.15, -0.1) is 0 Å². The zero-order valence-electron chi connectivity index (χ0n) is 13.2. The number of H-pyrrole nitrogens is 2. The molecule has 5 nitrogen and oxygen atoms in total. The topological polar surface area (TPSA) is 73.6 Å². The minimum absolute atomic E-state index is 0.0486. The Hall–Kier alpha value is -2.27. The van der Waals surface area contributed by atoms with E-state index in [0.29, 0.717) is 6.54 Å². The molecule has 0 radical (unpaired) electrons. The van der Waals surface area contributed by atoms with Gasteiger partial charge in [0.1, 0.15) is 0 Å². The summed E-state index contributed by atoms with van der Waals surface area (Å²) in [6.07, 6.45) is 7.17. The van der Waals surface area contributed by atoms with Crippen molar-refractivity contribution < 1.29 is 4.79 Å². The number of fused-ring (bicyclic) bond motifs is 2. The molecule has 1 amide bonds. The second-order valence-electron chi connectivity index (χ2n) is 6.36. The van der Waals surface area contributed by atoms with Gasteiger partial charge in [0.25, 0.3) is 0 Å². The van der Waals surface area contributed by atoms with E-state index >= 15 is 0 Å². The van der Waals surface area contributed by atoms with Gasteiger partial charge in [-0.3, -0.25) is 9.89 Å². The number of nitrogens with one attached hydrogen (secondary N) is 3. The maximum absolute atomic E-state index is 12.4. The highest BCUT2D eigenvalue weighted by Crippen LogP contribution is 2.24. The maximum atomic E-state index is 12.4. The fraction of sp³-hybridized carbons (Fsp3) is 0.333. The van der Waals surface area contributed by atoms with Gasteiger partial charge in [0.15, 0.2) is 0 Å². The molecule has 2 aromatic heterocycles. The van der Waals surface area contributed by atoms with Crippen molar-refractivity contribution in [2.24, 2.45) is 5.92 Å². The molecule has 0 spiro atoms. The number of rotatable bonds is 4. The lowest BCUT2D eigenvalue weighted by Crippen LogP contribution is -2.35. The van der Waals surface area contributed by atoms with Gasteiger partial charge in [-0.05, 0) is 55.0 Å². The van der Waals surface area contributed by atoms with E-state index < -0.39 is 0 Å². The highest BCUT2D eigenvalue weighted by atomic mass is 35.5. The molecule has 3 aromatic rings. The summed E-state index contributed by atoms with van der Waals surface area (Å²) in [6, 6.07) is 5.82. The van der Waals surface area contributed by atoms with Crippen LogP contribution in [0.3, 0.4) is 0 Å². The smallest absolute Gasteiger partial charge is 0.223 e. The van der Waals surface area contributed by atoms with Crippen molar-refractivity contribution >= 4 is 28.4 Å². The molecule has 4 rings (SSSR count). The van der Waals surface area contributed by atoms with Crippen molar-refractivity contribution in [3.8, 4) is 0 Å². The van der Waals surface area contributed by atoms with E-state index in [2.05, 4.69) is 20.5 Å². The molecule has 1 unspecified atom stereocenters. The molecule has 0 saturated carbocycles. The molecule has 6 heteroatoms. The Morgan fingerprint density at radius 1 is 1.42 bits per heavy atom. The van der Waals surface area contributed by atoms with E-state index in [0.717, 1.165) is 41.6 Å². The van der Waals surface area contributed by atoms with E-state index in [1.165, 1.54) is 16.8 Å². The largest absolute Gasteiger partial charge is 0.361 e. The van der Waals surface area contributed by atoms with Gasteiger partial charge in [0.2, 0.25) is 5.91 Å². The van der Waals surface area contributed by atoms with E-state index in [9.17, 15) is 4.79 Å². The minimum atomic E-state index is 0.0486. The number of benzene rings is 1. The molecular weight excluding hydrogens is 324 g/mol. The van der Waals surface area contributed by atoms with Gasteiger partial charge < -0.3 is 10.3 Å². The zero-order chi connectivity index (χ0) is 16.5. The number of halogens is 1. The molecule has 0 saturated heterocycles. The number of hydrogen-bond donors (Lipinski definition) is 3. The van der Waals surface area contributed by atoms with Crippen LogP contribution in [0.4, 0.5) is 0 Å². The third-order valence-corrected chi connectivity index (χ3v) is 5.05. The predicted octanol–water partition coefficient (Wildman–Crippen LogP) is 3.01. The summed E-state index contributed by atoms with van der Waals surface area (Å²) in [5.41, 5.74) is 4.59. The van der Waals surface area contributed by atoms with Crippen LogP contribution in [0.25, 0.3) is 10.9 Å². The van der Waals surface area contributed by atoms with Crippen LogP contribution in [0.15, 0.2) is 30.6 Å². The van der Waals surface area contributed by atoms with Gasteiger partial charge in [-0.1, -0.05) is 11.6 Å². The first-order chi connectivity index (χ1) is 11.7. The number of carbonyl (C=O) groups is 1. The van der Waals surface area contributed by atoms with E-state index in [1.54, 1.807) is 0 Å². The van der Waals surface area contributed by atoms with Gasteiger partial charge in [0.05, 0.1) is 6.20 Å². The Morgan fingerprint density at radius 2 is 2.33 bits per heavy atom. The second-order valence-corrected chi connectivity index (χ2v) is 6.79. The zero-order valence-corrected chi connectivity index (χ0v) is 14.0. The number of hydrogen-bond acceptors (Lipinski definition) is 2. The van der Waals surface area contributed by atoms with Crippen LogP contribution in [0.5, 0.6) is 0 Å². The first-order valence-corrected chi connectivity index (χ1v) is 8.63. The average molecular weight is 343 g/mol. The van der Waals surface area contributed by atoms with Gasteiger partial charge in [-0.2, -0.15) is 5.10 Å². The quantitative estimate of drug-likeness (QED) is 0.682. The molecule has 124 valence electrons. The van der Waals surface area contributed by atoms with E-state index in [-0.39, 0.29) is 11.8 Å². The summed E-state index contributed by atoms with van der Waals surface area (Å²) in [7, 11) is 0. The molecule has 1 aliphatic rings. The molecule has 0 fully saturated rings. The lowest BCUT2D eigenvalue weighted by Gasteiger charge is -2.20. The van der Waals surface area contributed by atoms with Crippen molar-refractivity contribution in [3.05, 3.63) is 52.4 Å². The van der Waals surface area contributed by atoms with E-state index in [4.69, 9.17) is 11.6 Å². The number of aryl methyl sites for hydroxylation is 1. The molecule has 1 aliphatic carbocycles. The van der Waals surface area contributed by atoms with Crippen LogP contribution in [-0.4, -0.2) is 27.6 Å². The third kappa shape index (κ3) is 2.91. The fourth-order valence-electron chi connectivity index (χ4n) is 3.46. The maximum Gasteiger partial charge on any atom is 0.223 e. The monoisotopic (exact) mass is 342 g/mol. The number of aromatic amines is 2. The molecule has 3 N–H and O–H groups in total. The third-order valence-electron chi connectivity index (χ3n) is 4.81. The van der Waals surface area contributed by atoms with Crippen LogP contribution in [0.2, 0.25) is 5.02 Å². The van der Waals surface area contributed by atoms with Gasteiger partial charge in [0, 0.05) is 40.3 Å². The summed E-state index contributed by atoms with van der Waals surface area (Å²) in [4.78, 5) is 15.6. The van der Waals surface area contributed by atoms with Crippen LogP contribution in [0.1, 0.15) is 23.2 Å². The summed E-state index contributed by atoms with van der Waals surface area (Å²) in [5.74, 6) is 0.187. The first-order valence-electron chi connectivity index (χ1n) is 8.25. The molecule has 2 heterocycles. The molecule has 0 bridgehead atoms. The van der Waals surface area contributed by atoms with Crippen LogP contribution >= 0.6 is 11.6 Å². The van der Waals surface area contributed by atoms with Crippen molar-refractivity contribution in [3.63, 3.8) is 0 Å². The second kappa shape index (κ2) is 6.32. The number of aromatic nitrogens is 3. The highest BCUT2D eigenvalue weighted by Gasteiger charge is 2.25. The molecule has 1 atom stereocenters. The van der Waals surface area contributed by atoms with Gasteiger partial charge >= 0.3 is 0 Å². The molecule has 1 aromatic carbocycles. The van der Waals surface area contributed by atoms with Crippen molar-refractivity contribution in [1.82, 2.24) is 20.5 Å². The summed E-state index contributed by atoms with van der Waals surface area (Å²) in [6.45, 7) is 0.632. The van der Waals surface area contributed by atoms with Crippen molar-refractivity contribution in [2.75, 3.05) is 6.54 Å². The first kappa shape index (κ1) is 15.3. The fourth-order valence-corrected chi connectivity index (χ4v) is 3.63. The predicted molar refractivity (Wildman–Crippen MR) is 94.1 cm³/mol. The Morgan fingerprint density at radius 3 is 3.25 bits per heavy atom. The lowest BCUT2D eigenvalue weighted by atomic mass is 9.87. The Labute approximate surface area is 144 Å². The minimum Gasteiger partial charge on any atom is -0.361 e. The normalized spacial score (nSPS) is 17.0. The Bertz CT molecular complexity index is 882. The van der Waals surface area contributed by atoms with Gasteiger partial charge in [-0.25, -0.2) is 0 Å². The summed E-state index contributed by atoms with van der Waals surface area (Å²) in [5, 5.41) is 12.0. The Balaban J connectivity index is 1.35. The number of nitrogens with zero attached hydrogens (tertiary/aromatic N) is 1. The molecule has 24 heavy (non-hydrogen) atoms. The van der Waals surface area contributed by atoms with Crippen molar-refractivity contribution in [2.45, 2.75) is 25.7 Å². The number of amides is 1. The van der Waals surface area contributed by atoms with E-state index in [1.807, 2.05) is 30.6 Å². The Kier molecular flexibility index (Phi) is 4.02. The molecular formula is C18H19ClN4O.